The van der Waals surface area contributed by atoms with Gasteiger partial charge in [-0.3, -0.25) is 4.98 Å². The molecule has 0 aliphatic carbocycles. The number of rotatable bonds is 7. The second kappa shape index (κ2) is 7.22. The van der Waals surface area contributed by atoms with Gasteiger partial charge in [0.15, 0.2) is 0 Å². The van der Waals surface area contributed by atoms with Crippen molar-refractivity contribution in [3.05, 3.63) is 42.2 Å². The molecule has 0 fully saturated rings. The molecule has 5 heteroatoms. The van der Waals surface area contributed by atoms with Crippen molar-refractivity contribution in [3.8, 4) is 0 Å². The lowest BCUT2D eigenvalue weighted by Crippen LogP contribution is -2.24. The highest BCUT2D eigenvalue weighted by Crippen LogP contribution is 2.19. The van der Waals surface area contributed by atoms with Gasteiger partial charge in [0.25, 0.3) is 0 Å². The van der Waals surface area contributed by atoms with Crippen LogP contribution in [0.5, 0.6) is 0 Å². The third kappa shape index (κ3) is 4.29. The Labute approximate surface area is 127 Å². The minimum Gasteiger partial charge on any atom is -0.367 e. The maximum atomic E-state index is 4.39. The monoisotopic (exact) mass is 287 g/mol. The Morgan fingerprint density at radius 2 is 2.14 bits per heavy atom. The van der Waals surface area contributed by atoms with Gasteiger partial charge in [-0.05, 0) is 18.5 Å². The summed E-state index contributed by atoms with van der Waals surface area (Å²) >= 11 is 0. The molecule has 0 bridgehead atoms. The number of aromatic nitrogens is 3. The van der Waals surface area contributed by atoms with Crippen LogP contribution in [0.25, 0.3) is 0 Å². The molecule has 2 aromatic heterocycles. The maximum absolute atomic E-state index is 4.39. The average molecular weight is 287 g/mol. The Balaban J connectivity index is 2.06. The fourth-order valence-corrected chi connectivity index (χ4v) is 2.27. The van der Waals surface area contributed by atoms with Crippen LogP contribution in [0.3, 0.4) is 0 Å². The number of hydrogen-bond donors (Lipinski definition) is 1. The van der Waals surface area contributed by atoms with Crippen molar-refractivity contribution in [2.45, 2.75) is 26.9 Å². The number of imidazole rings is 1. The Morgan fingerprint density at radius 3 is 2.81 bits per heavy atom. The van der Waals surface area contributed by atoms with E-state index in [2.05, 4.69) is 47.1 Å². The first-order valence-electron chi connectivity index (χ1n) is 7.39. The number of nitrogens with zero attached hydrogens (tertiary/aromatic N) is 4. The van der Waals surface area contributed by atoms with Gasteiger partial charge in [-0.2, -0.15) is 0 Å². The molecule has 0 aliphatic rings. The molecule has 114 valence electrons. The summed E-state index contributed by atoms with van der Waals surface area (Å²) in [7, 11) is 4.11. The summed E-state index contributed by atoms with van der Waals surface area (Å²) in [5, 5.41) is 3.48. The van der Waals surface area contributed by atoms with Crippen LogP contribution in [0.15, 0.2) is 30.9 Å². The van der Waals surface area contributed by atoms with E-state index in [0.29, 0.717) is 5.92 Å². The summed E-state index contributed by atoms with van der Waals surface area (Å²) in [6, 6.07) is 2.06. The number of anilines is 1. The molecule has 0 atom stereocenters. The Bertz CT molecular complexity index is 561. The first-order chi connectivity index (χ1) is 10.1. The molecule has 21 heavy (non-hydrogen) atoms. The van der Waals surface area contributed by atoms with Crippen LogP contribution in [-0.2, 0) is 20.1 Å². The van der Waals surface area contributed by atoms with Gasteiger partial charge in [0.05, 0.1) is 6.54 Å². The zero-order chi connectivity index (χ0) is 15.2. The lowest BCUT2D eigenvalue weighted by Gasteiger charge is -2.22. The zero-order valence-corrected chi connectivity index (χ0v) is 13.4. The van der Waals surface area contributed by atoms with Gasteiger partial charge in [0.2, 0.25) is 0 Å². The molecule has 0 aliphatic heterocycles. The number of pyridine rings is 1. The van der Waals surface area contributed by atoms with Crippen LogP contribution in [0.4, 0.5) is 5.69 Å². The molecule has 5 nitrogen and oxygen atoms in total. The second-order valence-electron chi connectivity index (χ2n) is 5.84. The molecule has 2 heterocycles. The fraction of sp³-hybridized carbons (Fsp3) is 0.500. The molecule has 0 aromatic carbocycles. The number of nitrogens with one attached hydrogen (secondary N) is 1. The van der Waals surface area contributed by atoms with Crippen molar-refractivity contribution in [1.29, 1.82) is 0 Å². The summed E-state index contributed by atoms with van der Waals surface area (Å²) in [5.41, 5.74) is 2.42. The van der Waals surface area contributed by atoms with Gasteiger partial charge in [-0.25, -0.2) is 4.98 Å². The van der Waals surface area contributed by atoms with Crippen LogP contribution in [-0.4, -0.2) is 28.1 Å². The highest BCUT2D eigenvalue weighted by molar-refractivity contribution is 5.51. The normalized spacial score (nSPS) is 11.1. The van der Waals surface area contributed by atoms with Gasteiger partial charge < -0.3 is 14.8 Å². The predicted molar refractivity (Wildman–Crippen MR) is 86.1 cm³/mol. The maximum Gasteiger partial charge on any atom is 0.127 e. The van der Waals surface area contributed by atoms with Gasteiger partial charge in [-0.1, -0.05) is 13.8 Å². The second-order valence-corrected chi connectivity index (χ2v) is 5.84. The first kappa shape index (κ1) is 15.5. The van der Waals surface area contributed by atoms with Crippen molar-refractivity contribution in [1.82, 2.24) is 19.9 Å². The highest BCUT2D eigenvalue weighted by Gasteiger charge is 2.10. The summed E-state index contributed by atoms with van der Waals surface area (Å²) in [5.74, 6) is 1.70. The van der Waals surface area contributed by atoms with Crippen molar-refractivity contribution in [2.24, 2.45) is 13.0 Å². The fourth-order valence-electron chi connectivity index (χ4n) is 2.27. The average Bonchev–Trinajstić information content (AvgIpc) is 2.84. The minimum absolute atomic E-state index is 0.649. The van der Waals surface area contributed by atoms with E-state index < -0.39 is 0 Å². The highest BCUT2D eigenvalue weighted by atomic mass is 15.2. The Hall–Kier alpha value is -1.88. The van der Waals surface area contributed by atoms with Crippen molar-refractivity contribution in [2.75, 3.05) is 18.5 Å². The first-order valence-corrected chi connectivity index (χ1v) is 7.39. The van der Waals surface area contributed by atoms with Crippen LogP contribution in [0.1, 0.15) is 25.2 Å². The molecule has 0 amide bonds. The van der Waals surface area contributed by atoms with Crippen molar-refractivity contribution >= 4 is 5.69 Å². The van der Waals surface area contributed by atoms with Gasteiger partial charge in [-0.15, -0.1) is 0 Å². The van der Waals surface area contributed by atoms with E-state index in [4.69, 9.17) is 0 Å². The zero-order valence-electron chi connectivity index (χ0n) is 13.4. The summed E-state index contributed by atoms with van der Waals surface area (Å²) in [6.45, 7) is 7.06. The summed E-state index contributed by atoms with van der Waals surface area (Å²) in [4.78, 5) is 10.9. The SMILES string of the molecule is CC(C)CNCc1cnccc1N(C)Cc1nccn1C. The van der Waals surface area contributed by atoms with Crippen LogP contribution >= 0.6 is 0 Å². The van der Waals surface area contributed by atoms with E-state index in [1.165, 1.54) is 11.3 Å². The molecule has 1 N–H and O–H groups in total. The minimum atomic E-state index is 0.649. The van der Waals surface area contributed by atoms with E-state index in [1.807, 2.05) is 36.4 Å². The smallest absolute Gasteiger partial charge is 0.127 e. The largest absolute Gasteiger partial charge is 0.367 e. The molecule has 0 saturated carbocycles. The quantitative estimate of drug-likeness (QED) is 0.848. The van der Waals surface area contributed by atoms with Gasteiger partial charge in [0, 0.05) is 56.7 Å². The van der Waals surface area contributed by atoms with Crippen LogP contribution in [0.2, 0.25) is 0 Å². The molecule has 2 rings (SSSR count). The van der Waals surface area contributed by atoms with E-state index in [9.17, 15) is 0 Å². The van der Waals surface area contributed by atoms with E-state index >= 15 is 0 Å². The number of aryl methyl sites for hydroxylation is 1. The summed E-state index contributed by atoms with van der Waals surface area (Å²) < 4.78 is 2.05. The molecule has 0 unspecified atom stereocenters. The van der Waals surface area contributed by atoms with Crippen molar-refractivity contribution < 1.29 is 0 Å². The lowest BCUT2D eigenvalue weighted by molar-refractivity contribution is 0.551. The van der Waals surface area contributed by atoms with Gasteiger partial charge >= 0.3 is 0 Å². The molecule has 0 saturated heterocycles. The third-order valence-electron chi connectivity index (χ3n) is 3.46. The molecule has 0 spiro atoms. The number of hydrogen-bond acceptors (Lipinski definition) is 4. The lowest BCUT2D eigenvalue weighted by atomic mass is 10.2. The van der Waals surface area contributed by atoms with Crippen molar-refractivity contribution in [3.63, 3.8) is 0 Å². The van der Waals surface area contributed by atoms with E-state index in [-0.39, 0.29) is 0 Å². The molecule has 0 radical (unpaired) electrons. The standard InChI is InChI=1S/C16H25N5/c1-13(2)9-18-11-14-10-17-6-5-15(14)21(4)12-16-19-7-8-20(16)3/h5-8,10,13,18H,9,11-12H2,1-4H3. The Kier molecular flexibility index (Phi) is 5.33. The topological polar surface area (TPSA) is 46.0 Å². The predicted octanol–water partition coefficient (Wildman–Crippen LogP) is 2.20. The molecule has 2 aromatic rings. The van der Waals surface area contributed by atoms with E-state index in [1.54, 1.807) is 0 Å². The summed E-state index contributed by atoms with van der Waals surface area (Å²) in [6.07, 6.45) is 7.59. The van der Waals surface area contributed by atoms with Crippen LogP contribution < -0.4 is 10.2 Å². The Morgan fingerprint density at radius 1 is 1.33 bits per heavy atom. The van der Waals surface area contributed by atoms with Gasteiger partial charge in [0.1, 0.15) is 5.82 Å². The molecular formula is C16H25N5. The van der Waals surface area contributed by atoms with Crippen LogP contribution in [0, 0.1) is 5.92 Å². The third-order valence-corrected chi connectivity index (χ3v) is 3.46. The molecular weight excluding hydrogens is 262 g/mol. The van der Waals surface area contributed by atoms with E-state index in [0.717, 1.165) is 25.5 Å².